The van der Waals surface area contributed by atoms with Crippen LogP contribution in [0.4, 0.5) is 5.82 Å². The van der Waals surface area contributed by atoms with E-state index in [0.717, 1.165) is 50.4 Å². The largest absolute Gasteiger partial charge is 0.356 e. The van der Waals surface area contributed by atoms with Crippen LogP contribution in [0.25, 0.3) is 0 Å². The zero-order valence-electron chi connectivity index (χ0n) is 14.7. The molecule has 2 aromatic rings. The van der Waals surface area contributed by atoms with E-state index in [0.29, 0.717) is 5.56 Å². The molecule has 2 aromatic heterocycles. The van der Waals surface area contributed by atoms with Gasteiger partial charge in [-0.25, -0.2) is 4.98 Å². The van der Waals surface area contributed by atoms with Crippen LogP contribution in [-0.2, 0) is 0 Å². The Morgan fingerprint density at radius 2 is 2.08 bits per heavy atom. The molecule has 2 aliphatic heterocycles. The van der Waals surface area contributed by atoms with E-state index in [4.69, 9.17) is 0 Å². The molecule has 0 unspecified atom stereocenters. The Hall–Kier alpha value is -2.43. The minimum Gasteiger partial charge on any atom is -0.356 e. The van der Waals surface area contributed by atoms with Gasteiger partial charge < -0.3 is 9.80 Å². The second-order valence-electron chi connectivity index (χ2n) is 7.44. The van der Waals surface area contributed by atoms with Crippen LogP contribution < -0.4 is 4.90 Å². The highest BCUT2D eigenvalue weighted by molar-refractivity contribution is 5.94. The van der Waals surface area contributed by atoms with Crippen molar-refractivity contribution in [3.05, 3.63) is 54.0 Å². The van der Waals surface area contributed by atoms with Crippen molar-refractivity contribution in [2.24, 2.45) is 5.41 Å². The maximum atomic E-state index is 12.8. The number of rotatable bonds is 2. The molecule has 0 saturated carbocycles. The Morgan fingerprint density at radius 1 is 1.16 bits per heavy atom. The lowest BCUT2D eigenvalue weighted by atomic mass is 9.79. The van der Waals surface area contributed by atoms with Crippen LogP contribution >= 0.6 is 0 Å². The van der Waals surface area contributed by atoms with Gasteiger partial charge in [-0.05, 0) is 49.9 Å². The average molecular weight is 336 g/mol. The number of pyridine rings is 2. The van der Waals surface area contributed by atoms with Gasteiger partial charge in [0, 0.05) is 50.2 Å². The first-order chi connectivity index (χ1) is 12.2. The third-order valence-corrected chi connectivity index (χ3v) is 5.48. The smallest absolute Gasteiger partial charge is 0.255 e. The van der Waals surface area contributed by atoms with E-state index in [1.54, 1.807) is 12.4 Å². The van der Waals surface area contributed by atoms with Crippen LogP contribution in [0.15, 0.2) is 42.9 Å². The van der Waals surface area contributed by atoms with E-state index in [-0.39, 0.29) is 11.3 Å². The molecule has 0 bridgehead atoms. The molecule has 25 heavy (non-hydrogen) atoms. The molecule has 4 heterocycles. The van der Waals surface area contributed by atoms with Crippen molar-refractivity contribution in [1.82, 2.24) is 14.9 Å². The normalized spacial score (nSPS) is 23.2. The summed E-state index contributed by atoms with van der Waals surface area (Å²) in [5.41, 5.74) is 1.93. The summed E-state index contributed by atoms with van der Waals surface area (Å²) in [6.07, 6.45) is 8.74. The molecule has 2 saturated heterocycles. The number of nitrogens with zero attached hydrogens (tertiary/aromatic N) is 4. The highest BCUT2D eigenvalue weighted by Gasteiger charge is 2.43. The minimum atomic E-state index is 0.114. The third kappa shape index (κ3) is 3.23. The van der Waals surface area contributed by atoms with Gasteiger partial charge in [-0.1, -0.05) is 6.07 Å². The summed E-state index contributed by atoms with van der Waals surface area (Å²) in [6.45, 7) is 5.68. The molecule has 2 aliphatic rings. The number of likely N-dealkylation sites (tertiary alicyclic amines) is 1. The summed E-state index contributed by atoms with van der Waals surface area (Å²) in [7, 11) is 0. The number of anilines is 1. The second-order valence-corrected chi connectivity index (χ2v) is 7.44. The summed E-state index contributed by atoms with van der Waals surface area (Å²) in [6, 6.07) is 8.00. The van der Waals surface area contributed by atoms with Crippen molar-refractivity contribution < 1.29 is 4.79 Å². The fraction of sp³-hybridized carbons (Fsp3) is 0.450. The summed E-state index contributed by atoms with van der Waals surface area (Å²) in [5, 5.41) is 0. The van der Waals surface area contributed by atoms with E-state index >= 15 is 0 Å². The first-order valence-corrected chi connectivity index (χ1v) is 9.02. The topological polar surface area (TPSA) is 49.3 Å². The molecular weight excluding hydrogens is 312 g/mol. The fourth-order valence-electron chi connectivity index (χ4n) is 4.24. The first-order valence-electron chi connectivity index (χ1n) is 9.02. The third-order valence-electron chi connectivity index (χ3n) is 5.48. The fourth-order valence-corrected chi connectivity index (χ4v) is 4.24. The Morgan fingerprint density at radius 3 is 2.88 bits per heavy atom. The Balaban J connectivity index is 1.48. The number of hydrogen-bond donors (Lipinski definition) is 0. The monoisotopic (exact) mass is 336 g/mol. The summed E-state index contributed by atoms with van der Waals surface area (Å²) >= 11 is 0. The van der Waals surface area contributed by atoms with Gasteiger partial charge in [0.1, 0.15) is 5.82 Å². The van der Waals surface area contributed by atoms with E-state index in [9.17, 15) is 4.79 Å². The number of aryl methyl sites for hydroxylation is 1. The standard InChI is InChI=1S/C20H24N4O/c1-16-11-17(13-21-12-16)19(25)24-10-7-20(15-24)6-4-9-23(14-20)18-5-2-3-8-22-18/h2-3,5,8,11-13H,4,6-7,9-10,14-15H2,1H3/t20-/m0/s1. The van der Waals surface area contributed by atoms with Crippen LogP contribution in [-0.4, -0.2) is 47.0 Å². The van der Waals surface area contributed by atoms with E-state index in [1.807, 2.05) is 36.2 Å². The molecule has 130 valence electrons. The molecule has 0 N–H and O–H groups in total. The quantitative estimate of drug-likeness (QED) is 0.846. The average Bonchev–Trinajstić information content (AvgIpc) is 3.05. The van der Waals surface area contributed by atoms with E-state index in [1.165, 1.54) is 6.42 Å². The predicted molar refractivity (Wildman–Crippen MR) is 97.6 cm³/mol. The molecule has 2 fully saturated rings. The maximum Gasteiger partial charge on any atom is 0.255 e. The highest BCUT2D eigenvalue weighted by Crippen LogP contribution is 2.40. The van der Waals surface area contributed by atoms with Gasteiger partial charge >= 0.3 is 0 Å². The van der Waals surface area contributed by atoms with Crippen molar-refractivity contribution in [3.8, 4) is 0 Å². The van der Waals surface area contributed by atoms with E-state index < -0.39 is 0 Å². The number of carbonyl (C=O) groups is 1. The van der Waals surface area contributed by atoms with Crippen LogP contribution in [0, 0.1) is 12.3 Å². The van der Waals surface area contributed by atoms with Crippen LogP contribution in [0.1, 0.15) is 35.2 Å². The van der Waals surface area contributed by atoms with Crippen molar-refractivity contribution in [3.63, 3.8) is 0 Å². The first kappa shape index (κ1) is 16.1. The lowest BCUT2D eigenvalue weighted by molar-refractivity contribution is 0.0767. The van der Waals surface area contributed by atoms with Crippen LogP contribution in [0.3, 0.4) is 0 Å². The van der Waals surface area contributed by atoms with Crippen LogP contribution in [0.5, 0.6) is 0 Å². The molecule has 0 aromatic carbocycles. The number of piperidine rings is 1. The molecule has 0 aliphatic carbocycles. The lowest BCUT2D eigenvalue weighted by Crippen LogP contribution is -2.45. The zero-order valence-corrected chi connectivity index (χ0v) is 14.7. The van der Waals surface area contributed by atoms with Gasteiger partial charge in [0.05, 0.1) is 5.56 Å². The van der Waals surface area contributed by atoms with Gasteiger partial charge in [0.2, 0.25) is 0 Å². The minimum absolute atomic E-state index is 0.114. The molecule has 1 atom stereocenters. The number of hydrogen-bond acceptors (Lipinski definition) is 4. The molecule has 5 heteroatoms. The second kappa shape index (κ2) is 6.47. The molecule has 0 radical (unpaired) electrons. The summed E-state index contributed by atoms with van der Waals surface area (Å²) < 4.78 is 0. The summed E-state index contributed by atoms with van der Waals surface area (Å²) in [4.78, 5) is 25.9. The number of carbonyl (C=O) groups excluding carboxylic acids is 1. The molecule has 5 nitrogen and oxygen atoms in total. The van der Waals surface area contributed by atoms with Gasteiger partial charge in [0.25, 0.3) is 5.91 Å². The molecule has 4 rings (SSSR count). The van der Waals surface area contributed by atoms with Gasteiger partial charge in [-0.2, -0.15) is 0 Å². The van der Waals surface area contributed by atoms with Crippen molar-refractivity contribution >= 4 is 11.7 Å². The lowest BCUT2D eigenvalue weighted by Gasteiger charge is -2.41. The SMILES string of the molecule is Cc1cncc(C(=O)N2CC[C@]3(CCCN(c4ccccn4)C3)C2)c1. The highest BCUT2D eigenvalue weighted by atomic mass is 16.2. The van der Waals surface area contributed by atoms with Gasteiger partial charge in [-0.15, -0.1) is 0 Å². The van der Waals surface area contributed by atoms with Gasteiger partial charge in [-0.3, -0.25) is 9.78 Å². The van der Waals surface area contributed by atoms with Crippen LogP contribution in [0.2, 0.25) is 0 Å². The molecular formula is C20H24N4O. The Kier molecular flexibility index (Phi) is 4.15. The molecule has 1 spiro atoms. The Bertz CT molecular complexity index is 763. The van der Waals surface area contributed by atoms with Crippen molar-refractivity contribution in [1.29, 1.82) is 0 Å². The van der Waals surface area contributed by atoms with E-state index in [2.05, 4.69) is 20.9 Å². The van der Waals surface area contributed by atoms with Crippen molar-refractivity contribution in [2.75, 3.05) is 31.1 Å². The number of aromatic nitrogens is 2. The van der Waals surface area contributed by atoms with Gasteiger partial charge in [0.15, 0.2) is 0 Å². The summed E-state index contributed by atoms with van der Waals surface area (Å²) in [5.74, 6) is 1.16. The number of amides is 1. The maximum absolute atomic E-state index is 12.8. The zero-order chi connectivity index (χ0) is 17.3. The molecule has 1 amide bonds. The predicted octanol–water partition coefficient (Wildman–Crippen LogP) is 2.92. The van der Waals surface area contributed by atoms with Crippen molar-refractivity contribution in [2.45, 2.75) is 26.2 Å². The Labute approximate surface area is 148 Å².